The number of fused-ring (bicyclic) bond motifs is 2. The van der Waals surface area contributed by atoms with E-state index in [0.29, 0.717) is 31.6 Å². The lowest BCUT2D eigenvalue weighted by atomic mass is 10.0. The fraction of sp³-hybridized carbons (Fsp3) is 0.250. The third-order valence-electron chi connectivity index (χ3n) is 5.75. The van der Waals surface area contributed by atoms with Gasteiger partial charge < -0.3 is 14.6 Å². The Hall–Kier alpha value is -3.94. The predicted molar refractivity (Wildman–Crippen MR) is 118 cm³/mol. The van der Waals surface area contributed by atoms with Crippen molar-refractivity contribution in [2.45, 2.75) is 26.4 Å². The molecule has 0 radical (unpaired) electrons. The van der Waals surface area contributed by atoms with Crippen LogP contribution in [0.5, 0.6) is 0 Å². The Labute approximate surface area is 184 Å². The highest BCUT2D eigenvalue weighted by Crippen LogP contribution is 2.27. The molecule has 162 valence electrons. The molecule has 0 bridgehead atoms. The zero-order valence-electron chi connectivity index (χ0n) is 17.7. The van der Waals surface area contributed by atoms with Gasteiger partial charge in [0.15, 0.2) is 5.69 Å². The van der Waals surface area contributed by atoms with Crippen LogP contribution in [-0.2, 0) is 24.2 Å². The molecular weight excluding hydrogens is 406 g/mol. The fourth-order valence-electron chi connectivity index (χ4n) is 4.22. The Morgan fingerprint density at radius 1 is 1.16 bits per heavy atom. The molecule has 4 heterocycles. The summed E-state index contributed by atoms with van der Waals surface area (Å²) in [6.45, 7) is 3.34. The lowest BCUT2D eigenvalue weighted by Gasteiger charge is -2.27. The molecule has 0 saturated carbocycles. The molecule has 1 aromatic carbocycles. The quantitative estimate of drug-likeness (QED) is 0.492. The van der Waals surface area contributed by atoms with Crippen molar-refractivity contribution in [3.8, 4) is 0 Å². The Balaban J connectivity index is 1.48. The molecule has 0 aliphatic carbocycles. The predicted octanol–water partition coefficient (Wildman–Crippen LogP) is 3.18. The lowest BCUT2D eigenvalue weighted by Crippen LogP contribution is -2.36. The van der Waals surface area contributed by atoms with Crippen molar-refractivity contribution >= 4 is 22.8 Å². The van der Waals surface area contributed by atoms with Crippen LogP contribution in [0.4, 0.5) is 0 Å². The highest BCUT2D eigenvalue weighted by atomic mass is 16.5. The molecule has 1 N–H and O–H groups in total. The van der Waals surface area contributed by atoms with Gasteiger partial charge in [-0.2, -0.15) is 5.10 Å². The molecule has 3 aromatic heterocycles. The number of aromatic nitrogens is 4. The van der Waals surface area contributed by atoms with E-state index >= 15 is 0 Å². The third-order valence-corrected chi connectivity index (χ3v) is 5.75. The second-order valence-electron chi connectivity index (χ2n) is 7.70. The summed E-state index contributed by atoms with van der Waals surface area (Å²) in [6, 6.07) is 13.4. The molecule has 1 aliphatic heterocycles. The number of rotatable bonds is 5. The Morgan fingerprint density at radius 3 is 2.81 bits per heavy atom. The summed E-state index contributed by atoms with van der Waals surface area (Å²) < 4.78 is 7.06. The van der Waals surface area contributed by atoms with Crippen molar-refractivity contribution in [3.63, 3.8) is 0 Å². The van der Waals surface area contributed by atoms with E-state index < -0.39 is 5.97 Å². The standard InChI is InChI=1S/C24H23N5O3/c1-2-32-24(31)22-19-15-28(23(30)18-13-26-20-9-4-3-8-17(18)20)12-10-21(19)29(27-22)14-16-7-5-6-11-25-16/h3-9,11,13,26H,2,10,12,14-15H2,1H3. The maximum atomic E-state index is 13.3. The normalized spacial score (nSPS) is 13.2. The van der Waals surface area contributed by atoms with E-state index in [1.165, 1.54) is 0 Å². The van der Waals surface area contributed by atoms with Gasteiger partial charge >= 0.3 is 5.97 Å². The molecular formula is C24H23N5O3. The van der Waals surface area contributed by atoms with E-state index in [-0.39, 0.29) is 18.2 Å². The fourth-order valence-corrected chi connectivity index (χ4v) is 4.22. The number of H-pyrrole nitrogens is 1. The molecule has 0 spiro atoms. The number of ether oxygens (including phenoxy) is 1. The minimum atomic E-state index is -0.468. The Bertz CT molecular complexity index is 1290. The largest absolute Gasteiger partial charge is 0.461 e. The van der Waals surface area contributed by atoms with Gasteiger partial charge in [-0.15, -0.1) is 0 Å². The van der Waals surface area contributed by atoms with Crippen LogP contribution in [0.15, 0.2) is 54.9 Å². The van der Waals surface area contributed by atoms with E-state index in [4.69, 9.17) is 4.74 Å². The first-order valence-electron chi connectivity index (χ1n) is 10.7. The van der Waals surface area contributed by atoms with Gasteiger partial charge in [0.2, 0.25) is 0 Å². The van der Waals surface area contributed by atoms with Crippen molar-refractivity contribution in [1.82, 2.24) is 24.6 Å². The number of esters is 1. The topological polar surface area (TPSA) is 93.1 Å². The first kappa shape index (κ1) is 20.0. The monoisotopic (exact) mass is 429 g/mol. The zero-order valence-corrected chi connectivity index (χ0v) is 17.7. The minimum Gasteiger partial charge on any atom is -0.461 e. The van der Waals surface area contributed by atoms with Crippen LogP contribution in [0, 0.1) is 0 Å². The van der Waals surface area contributed by atoms with E-state index in [1.807, 2.05) is 47.1 Å². The van der Waals surface area contributed by atoms with E-state index in [9.17, 15) is 9.59 Å². The number of amides is 1. The number of carbonyl (C=O) groups excluding carboxylic acids is 2. The summed E-state index contributed by atoms with van der Waals surface area (Å²) in [5, 5.41) is 5.46. The Morgan fingerprint density at radius 2 is 2.00 bits per heavy atom. The molecule has 5 rings (SSSR count). The van der Waals surface area contributed by atoms with Crippen LogP contribution in [-0.4, -0.2) is 49.7 Å². The van der Waals surface area contributed by atoms with Gasteiger partial charge in [-0.3, -0.25) is 14.5 Å². The second kappa shape index (κ2) is 8.30. The minimum absolute atomic E-state index is 0.0691. The molecule has 32 heavy (non-hydrogen) atoms. The van der Waals surface area contributed by atoms with Crippen molar-refractivity contribution in [2.24, 2.45) is 0 Å². The number of pyridine rings is 1. The summed E-state index contributed by atoms with van der Waals surface area (Å²) in [5.74, 6) is -0.537. The molecule has 1 amide bonds. The van der Waals surface area contributed by atoms with E-state index in [2.05, 4.69) is 15.1 Å². The summed E-state index contributed by atoms with van der Waals surface area (Å²) in [4.78, 5) is 35.3. The number of hydrogen-bond acceptors (Lipinski definition) is 5. The molecule has 0 saturated heterocycles. The molecule has 0 atom stereocenters. The van der Waals surface area contributed by atoms with Crippen molar-refractivity contribution in [3.05, 3.63) is 83.1 Å². The first-order valence-corrected chi connectivity index (χ1v) is 10.7. The highest BCUT2D eigenvalue weighted by molar-refractivity contribution is 6.06. The van der Waals surface area contributed by atoms with Gasteiger partial charge in [-0.05, 0) is 25.1 Å². The molecule has 1 aliphatic rings. The first-order chi connectivity index (χ1) is 15.7. The summed E-state index contributed by atoms with van der Waals surface area (Å²) >= 11 is 0. The van der Waals surface area contributed by atoms with Crippen LogP contribution in [0.2, 0.25) is 0 Å². The van der Waals surface area contributed by atoms with Crippen molar-refractivity contribution in [1.29, 1.82) is 0 Å². The number of nitrogens with one attached hydrogen (secondary N) is 1. The number of hydrogen-bond donors (Lipinski definition) is 1. The van der Waals surface area contributed by atoms with Crippen LogP contribution >= 0.6 is 0 Å². The lowest BCUT2D eigenvalue weighted by molar-refractivity contribution is 0.0513. The molecule has 8 heteroatoms. The van der Waals surface area contributed by atoms with Crippen LogP contribution in [0.25, 0.3) is 10.9 Å². The number of nitrogens with zero attached hydrogens (tertiary/aromatic N) is 4. The number of aromatic amines is 1. The van der Waals surface area contributed by atoms with Crippen molar-refractivity contribution in [2.75, 3.05) is 13.2 Å². The smallest absolute Gasteiger partial charge is 0.359 e. The van der Waals surface area contributed by atoms with Gasteiger partial charge in [-0.1, -0.05) is 24.3 Å². The zero-order chi connectivity index (χ0) is 22.1. The number of benzene rings is 1. The van der Waals surface area contributed by atoms with Crippen LogP contribution < -0.4 is 0 Å². The summed E-state index contributed by atoms with van der Waals surface area (Å²) in [7, 11) is 0. The van der Waals surface area contributed by atoms with Crippen molar-refractivity contribution < 1.29 is 14.3 Å². The summed E-state index contributed by atoms with van der Waals surface area (Å²) in [5.41, 5.74) is 4.37. The van der Waals surface area contributed by atoms with E-state index in [1.54, 1.807) is 24.2 Å². The Kier molecular flexibility index (Phi) is 5.18. The molecule has 4 aromatic rings. The second-order valence-corrected chi connectivity index (χ2v) is 7.70. The molecule has 0 unspecified atom stereocenters. The maximum Gasteiger partial charge on any atom is 0.359 e. The summed E-state index contributed by atoms with van der Waals surface area (Å²) in [6.07, 6.45) is 4.08. The number of carbonyl (C=O) groups is 2. The average molecular weight is 429 g/mol. The number of para-hydroxylation sites is 1. The van der Waals surface area contributed by atoms with Gasteiger partial charge in [0.25, 0.3) is 5.91 Å². The van der Waals surface area contributed by atoms with Crippen LogP contribution in [0.1, 0.15) is 44.7 Å². The molecule has 8 nitrogen and oxygen atoms in total. The van der Waals surface area contributed by atoms with Crippen LogP contribution in [0.3, 0.4) is 0 Å². The highest BCUT2D eigenvalue weighted by Gasteiger charge is 2.31. The molecule has 0 fully saturated rings. The van der Waals surface area contributed by atoms with Gasteiger partial charge in [-0.25, -0.2) is 4.79 Å². The van der Waals surface area contributed by atoms with Gasteiger partial charge in [0, 0.05) is 47.5 Å². The maximum absolute atomic E-state index is 13.3. The van der Waals surface area contributed by atoms with Gasteiger partial charge in [0.1, 0.15) is 0 Å². The third kappa shape index (κ3) is 3.53. The SMILES string of the molecule is CCOC(=O)c1nn(Cc2ccccn2)c2c1CN(C(=O)c1c[nH]c3ccccc13)CC2. The van der Waals surface area contributed by atoms with Gasteiger partial charge in [0.05, 0.1) is 31.0 Å². The average Bonchev–Trinajstić information content (AvgIpc) is 3.41. The van der Waals surface area contributed by atoms with E-state index in [0.717, 1.165) is 27.9 Å².